The molecule has 38 heavy (non-hydrogen) atoms. The normalized spacial score (nSPS) is 17.7. The molecule has 3 atom stereocenters. The van der Waals surface area contributed by atoms with Crippen LogP contribution in [-0.2, 0) is 4.74 Å². The van der Waals surface area contributed by atoms with E-state index in [0.717, 1.165) is 5.39 Å². The maximum atomic E-state index is 14.1. The van der Waals surface area contributed by atoms with E-state index in [1.54, 1.807) is 23.6 Å². The minimum absolute atomic E-state index is 0. The van der Waals surface area contributed by atoms with Gasteiger partial charge in [-0.15, -0.1) is 35.0 Å². The highest BCUT2D eigenvalue weighted by molar-refractivity contribution is 5.86. The summed E-state index contributed by atoms with van der Waals surface area (Å²) in [6.45, 7) is 2.72. The Morgan fingerprint density at radius 2 is 1.89 bits per heavy atom. The first-order valence-electron chi connectivity index (χ1n) is 11.7. The Bertz CT molecular complexity index is 1390. The quantitative estimate of drug-likeness (QED) is 0.339. The van der Waals surface area contributed by atoms with Gasteiger partial charge in [-0.2, -0.15) is 13.2 Å². The first-order chi connectivity index (χ1) is 17.2. The van der Waals surface area contributed by atoms with Crippen LogP contribution in [0.4, 0.5) is 13.2 Å². The number of methoxy groups -OCH3 is 1. The average molecular weight is 573 g/mol. The third kappa shape index (κ3) is 5.97. The Morgan fingerprint density at radius 3 is 2.58 bits per heavy atom. The maximum Gasteiger partial charge on any atom is 0.408 e. The molecule has 0 spiro atoms. The van der Waals surface area contributed by atoms with Crippen LogP contribution in [0.2, 0.25) is 0 Å². The lowest BCUT2D eigenvalue weighted by molar-refractivity contribution is -0.183. The number of aromatic nitrogens is 4. The van der Waals surface area contributed by atoms with Gasteiger partial charge in [-0.25, -0.2) is 4.98 Å². The summed E-state index contributed by atoms with van der Waals surface area (Å²) in [6, 6.07) is 10.2. The summed E-state index contributed by atoms with van der Waals surface area (Å²) in [5.74, 6) is 0.920. The minimum atomic E-state index is -4.46. The van der Waals surface area contributed by atoms with Crippen LogP contribution in [0, 0.1) is 0 Å². The van der Waals surface area contributed by atoms with Crippen LogP contribution in [-0.4, -0.2) is 69.6 Å². The predicted octanol–water partition coefficient (Wildman–Crippen LogP) is 4.84. The molecule has 206 valence electrons. The molecule has 13 heteroatoms. The molecule has 0 saturated carbocycles. The molecule has 1 saturated heterocycles. The lowest BCUT2D eigenvalue weighted by Gasteiger charge is -2.30. The number of likely N-dealkylation sites (tertiary alicyclic amines) is 1. The van der Waals surface area contributed by atoms with Crippen LogP contribution in [0.5, 0.6) is 5.75 Å². The monoisotopic (exact) mass is 572 g/mol. The average Bonchev–Trinajstić information content (AvgIpc) is 3.47. The zero-order chi connectivity index (χ0) is 25.4. The van der Waals surface area contributed by atoms with Crippen LogP contribution in [0.15, 0.2) is 48.7 Å². The van der Waals surface area contributed by atoms with Crippen LogP contribution in [0.3, 0.4) is 0 Å². The summed E-state index contributed by atoms with van der Waals surface area (Å²) in [6.07, 6.45) is -2.59. The van der Waals surface area contributed by atoms with Gasteiger partial charge in [0.1, 0.15) is 29.6 Å². The minimum Gasteiger partial charge on any atom is -0.489 e. The molecule has 4 heterocycles. The zero-order valence-corrected chi connectivity index (χ0v) is 22.4. The van der Waals surface area contributed by atoms with Gasteiger partial charge in [0.05, 0.1) is 6.10 Å². The molecule has 0 amide bonds. The molecule has 2 N–H and O–H groups in total. The highest BCUT2D eigenvalue weighted by atomic mass is 35.5. The molecule has 1 fully saturated rings. The van der Waals surface area contributed by atoms with E-state index >= 15 is 0 Å². The van der Waals surface area contributed by atoms with Crippen LogP contribution < -0.4 is 10.5 Å². The van der Waals surface area contributed by atoms with Crippen molar-refractivity contribution in [1.82, 2.24) is 24.5 Å². The van der Waals surface area contributed by atoms with E-state index in [9.17, 15) is 13.2 Å². The van der Waals surface area contributed by atoms with Gasteiger partial charge in [-0.05, 0) is 37.1 Å². The zero-order valence-electron chi connectivity index (χ0n) is 20.8. The highest BCUT2D eigenvalue weighted by Crippen LogP contribution is 2.39. The number of ether oxygens (including phenoxy) is 2. The van der Waals surface area contributed by atoms with Crippen molar-refractivity contribution in [2.45, 2.75) is 37.7 Å². The second kappa shape index (κ2) is 12.0. The van der Waals surface area contributed by atoms with E-state index in [1.807, 2.05) is 31.2 Å². The van der Waals surface area contributed by atoms with E-state index in [0.29, 0.717) is 41.5 Å². The first-order valence-corrected chi connectivity index (χ1v) is 11.7. The fraction of sp³-hybridized carbons (Fsp3) is 0.400. The molecule has 0 aliphatic carbocycles. The van der Waals surface area contributed by atoms with E-state index in [4.69, 9.17) is 20.2 Å². The van der Waals surface area contributed by atoms with Crippen LogP contribution in [0.25, 0.3) is 28.1 Å². The van der Waals surface area contributed by atoms with Gasteiger partial charge in [0.25, 0.3) is 0 Å². The van der Waals surface area contributed by atoms with Gasteiger partial charge in [-0.3, -0.25) is 9.30 Å². The summed E-state index contributed by atoms with van der Waals surface area (Å²) >= 11 is 0. The Morgan fingerprint density at radius 1 is 1.11 bits per heavy atom. The third-order valence-electron chi connectivity index (χ3n) is 6.46. The van der Waals surface area contributed by atoms with Crippen molar-refractivity contribution in [3.05, 3.63) is 54.2 Å². The van der Waals surface area contributed by atoms with Gasteiger partial charge < -0.3 is 15.2 Å². The van der Waals surface area contributed by atoms with Crippen molar-refractivity contribution in [3.8, 4) is 17.3 Å². The fourth-order valence-corrected chi connectivity index (χ4v) is 4.54. The lowest BCUT2D eigenvalue weighted by atomic mass is 10.1. The summed E-state index contributed by atoms with van der Waals surface area (Å²) in [7, 11) is 1.61. The number of fused-ring (bicyclic) bond motifs is 2. The Hall–Kier alpha value is -2.70. The Labute approximate surface area is 230 Å². The Kier molecular flexibility index (Phi) is 9.43. The molecule has 0 radical (unpaired) electrons. The molecule has 5 rings (SSSR count). The second-order valence-corrected chi connectivity index (χ2v) is 9.08. The standard InChI is InChI=1S/C25H27F3N6O2.2ClH/c1-15(35-2)14-36-20-5-3-4-16-6-8-19(30-22(16)20)24-32-31-21-9-7-17(12-34(21)24)23(25(26,27)28)33-11-10-18(29)13-33;;/h3-9,12,15,18,23H,10-11,13-14,29H2,1-2H3;2*1H/t15?,18?,23-;;/m1../s1. The number of hydrogen-bond donors (Lipinski definition) is 1. The Balaban J connectivity index is 0.00000200. The van der Waals surface area contributed by atoms with Gasteiger partial charge >= 0.3 is 6.18 Å². The smallest absolute Gasteiger partial charge is 0.408 e. The summed E-state index contributed by atoms with van der Waals surface area (Å²) in [4.78, 5) is 6.13. The van der Waals surface area contributed by atoms with Gasteiger partial charge in [-0.1, -0.05) is 24.3 Å². The number of pyridine rings is 2. The number of rotatable bonds is 7. The topological polar surface area (TPSA) is 90.8 Å². The third-order valence-corrected chi connectivity index (χ3v) is 6.46. The van der Waals surface area contributed by atoms with Crippen molar-refractivity contribution in [1.29, 1.82) is 0 Å². The van der Waals surface area contributed by atoms with Crippen molar-refractivity contribution >= 4 is 41.4 Å². The number of halogens is 5. The molecule has 8 nitrogen and oxygen atoms in total. The molecule has 1 aromatic carbocycles. The molecular formula is C25H29Cl2F3N6O2. The van der Waals surface area contributed by atoms with Crippen molar-refractivity contribution in [2.24, 2.45) is 5.73 Å². The fourth-order valence-electron chi connectivity index (χ4n) is 4.54. The number of para-hydroxylation sites is 1. The lowest BCUT2D eigenvalue weighted by Crippen LogP contribution is -2.38. The van der Waals surface area contributed by atoms with E-state index < -0.39 is 12.2 Å². The van der Waals surface area contributed by atoms with Gasteiger partial charge in [0, 0.05) is 37.8 Å². The van der Waals surface area contributed by atoms with Crippen LogP contribution >= 0.6 is 24.8 Å². The second-order valence-electron chi connectivity index (χ2n) is 9.08. The SMILES string of the molecule is COC(C)COc1cccc2ccc(-c3nnc4ccc([C@@H](N5CCC(N)C5)C(F)(F)F)cn34)nc12.Cl.Cl. The van der Waals surface area contributed by atoms with E-state index in [1.165, 1.54) is 17.2 Å². The number of hydrogen-bond acceptors (Lipinski definition) is 7. The number of nitrogens with zero attached hydrogens (tertiary/aromatic N) is 5. The van der Waals surface area contributed by atoms with Crippen molar-refractivity contribution in [2.75, 3.05) is 26.8 Å². The van der Waals surface area contributed by atoms with Crippen molar-refractivity contribution in [3.63, 3.8) is 0 Å². The van der Waals surface area contributed by atoms with E-state index in [-0.39, 0.29) is 55.6 Å². The molecule has 1 aliphatic heterocycles. The van der Waals surface area contributed by atoms with Crippen LogP contribution in [0.1, 0.15) is 24.9 Å². The van der Waals surface area contributed by atoms with Gasteiger partial charge in [0.15, 0.2) is 11.5 Å². The predicted molar refractivity (Wildman–Crippen MR) is 143 cm³/mol. The molecule has 0 bridgehead atoms. The summed E-state index contributed by atoms with van der Waals surface area (Å²) in [5, 5.41) is 9.25. The summed E-state index contributed by atoms with van der Waals surface area (Å²) < 4.78 is 55.2. The van der Waals surface area contributed by atoms with E-state index in [2.05, 4.69) is 10.2 Å². The molecule has 4 aromatic rings. The number of benzene rings is 1. The highest BCUT2D eigenvalue weighted by Gasteiger charge is 2.46. The first kappa shape index (κ1) is 29.9. The van der Waals surface area contributed by atoms with Gasteiger partial charge in [0.2, 0.25) is 0 Å². The molecule has 1 aliphatic rings. The number of alkyl halides is 3. The number of nitrogens with two attached hydrogens (primary N) is 1. The molecule has 3 aromatic heterocycles. The summed E-state index contributed by atoms with van der Waals surface area (Å²) in [5.41, 5.74) is 7.51. The van der Waals surface area contributed by atoms with Crippen molar-refractivity contribution < 1.29 is 22.6 Å². The maximum absolute atomic E-state index is 14.1. The molecule has 2 unspecified atom stereocenters. The largest absolute Gasteiger partial charge is 0.489 e. The molecular weight excluding hydrogens is 544 g/mol.